The molecule has 2 heterocycles. The standard InChI is InChI=1S/C19H17Cl2N5O/c1-11-6-7-16(23-10-11)24-15-8-9-26(12(2)18(15)25-22)19(27)13-4-3-5-14(20)17(13)21/h3-10,12,22H,1-2H3,(H,23,24). The molecule has 1 atom stereocenters. The zero-order valence-corrected chi connectivity index (χ0v) is 16.2. The SMILES string of the molecule is Cc1ccc(NC2=C(N=N)C(C)N(C(=O)c3cccc(Cl)c3Cl)C=C2)nc1. The minimum atomic E-state index is -0.469. The van der Waals surface area contributed by atoms with Gasteiger partial charge in [0.1, 0.15) is 11.5 Å². The van der Waals surface area contributed by atoms with Gasteiger partial charge in [0.25, 0.3) is 5.91 Å². The van der Waals surface area contributed by atoms with Crippen molar-refractivity contribution in [3.8, 4) is 0 Å². The van der Waals surface area contributed by atoms with Crippen LogP contribution in [0.25, 0.3) is 0 Å². The molecule has 0 radical (unpaired) electrons. The Bertz CT molecular complexity index is 953. The minimum Gasteiger partial charge on any atom is -0.339 e. The molecule has 6 nitrogen and oxygen atoms in total. The second-order valence-corrected chi connectivity index (χ2v) is 6.85. The fourth-order valence-corrected chi connectivity index (χ4v) is 3.10. The number of nitrogens with zero attached hydrogens (tertiary/aromatic N) is 3. The minimum absolute atomic E-state index is 0.200. The van der Waals surface area contributed by atoms with E-state index in [1.54, 1.807) is 43.6 Å². The maximum Gasteiger partial charge on any atom is 0.259 e. The van der Waals surface area contributed by atoms with Gasteiger partial charge in [0, 0.05) is 12.4 Å². The first-order chi connectivity index (χ1) is 12.9. The Labute approximate surface area is 167 Å². The van der Waals surface area contributed by atoms with Crippen LogP contribution in [-0.4, -0.2) is 21.8 Å². The Morgan fingerprint density at radius 1 is 1.30 bits per heavy atom. The van der Waals surface area contributed by atoms with Crippen LogP contribution in [0.5, 0.6) is 0 Å². The largest absolute Gasteiger partial charge is 0.339 e. The Balaban J connectivity index is 1.88. The first-order valence-corrected chi connectivity index (χ1v) is 8.94. The van der Waals surface area contributed by atoms with Gasteiger partial charge in [-0.1, -0.05) is 35.3 Å². The Hall–Kier alpha value is -2.70. The summed E-state index contributed by atoms with van der Waals surface area (Å²) in [6.07, 6.45) is 5.06. The van der Waals surface area contributed by atoms with Crippen molar-refractivity contribution in [1.82, 2.24) is 9.88 Å². The van der Waals surface area contributed by atoms with Crippen molar-refractivity contribution in [2.45, 2.75) is 19.9 Å². The van der Waals surface area contributed by atoms with E-state index in [9.17, 15) is 4.79 Å². The van der Waals surface area contributed by atoms with Gasteiger partial charge in [0.05, 0.1) is 27.3 Å². The Morgan fingerprint density at radius 2 is 2.07 bits per heavy atom. The number of nitrogens with one attached hydrogen (secondary N) is 2. The second-order valence-electron chi connectivity index (χ2n) is 6.06. The van der Waals surface area contributed by atoms with E-state index in [1.807, 2.05) is 19.1 Å². The van der Waals surface area contributed by atoms with Crippen molar-refractivity contribution < 1.29 is 4.79 Å². The van der Waals surface area contributed by atoms with Crippen LogP contribution in [-0.2, 0) is 0 Å². The van der Waals surface area contributed by atoms with Gasteiger partial charge in [-0.25, -0.2) is 10.5 Å². The molecule has 2 N–H and O–H groups in total. The maximum absolute atomic E-state index is 12.9. The number of benzene rings is 1. The number of carbonyl (C=O) groups excluding carboxylic acids is 1. The molecule has 1 aliphatic heterocycles. The van der Waals surface area contributed by atoms with Gasteiger partial charge in [-0.2, -0.15) is 5.11 Å². The van der Waals surface area contributed by atoms with E-state index in [4.69, 9.17) is 28.7 Å². The first-order valence-electron chi connectivity index (χ1n) is 8.18. The predicted octanol–water partition coefficient (Wildman–Crippen LogP) is 5.41. The highest BCUT2D eigenvalue weighted by atomic mass is 35.5. The average Bonchev–Trinajstić information content (AvgIpc) is 2.66. The van der Waals surface area contributed by atoms with E-state index in [1.165, 1.54) is 4.90 Å². The topological polar surface area (TPSA) is 81.4 Å². The van der Waals surface area contributed by atoms with E-state index < -0.39 is 6.04 Å². The third-order valence-corrected chi connectivity index (χ3v) is 5.02. The predicted molar refractivity (Wildman–Crippen MR) is 106 cm³/mol. The number of halogens is 2. The molecule has 1 amide bonds. The normalized spacial score (nSPS) is 16.4. The number of amides is 1. The molecule has 1 aromatic carbocycles. The van der Waals surface area contributed by atoms with Crippen LogP contribution >= 0.6 is 23.2 Å². The zero-order chi connectivity index (χ0) is 19.6. The molecule has 0 fully saturated rings. The monoisotopic (exact) mass is 401 g/mol. The van der Waals surface area contributed by atoms with Crippen LogP contribution < -0.4 is 5.32 Å². The number of anilines is 1. The van der Waals surface area contributed by atoms with E-state index >= 15 is 0 Å². The van der Waals surface area contributed by atoms with E-state index in [0.29, 0.717) is 27.8 Å². The van der Waals surface area contributed by atoms with Crippen molar-refractivity contribution in [2.24, 2.45) is 5.11 Å². The summed E-state index contributed by atoms with van der Waals surface area (Å²) in [5.41, 5.74) is 9.91. The molecule has 8 heteroatoms. The summed E-state index contributed by atoms with van der Waals surface area (Å²) in [7, 11) is 0. The molecule has 3 rings (SSSR count). The second kappa shape index (κ2) is 7.90. The van der Waals surface area contributed by atoms with Gasteiger partial charge >= 0.3 is 0 Å². The molecule has 27 heavy (non-hydrogen) atoms. The molecule has 1 aliphatic rings. The molecule has 0 aliphatic carbocycles. The third-order valence-electron chi connectivity index (χ3n) is 4.20. The van der Waals surface area contributed by atoms with Crippen molar-refractivity contribution in [3.05, 3.63) is 81.4 Å². The summed E-state index contributed by atoms with van der Waals surface area (Å²) in [4.78, 5) is 18.7. The molecule has 0 saturated carbocycles. The number of aryl methyl sites for hydroxylation is 1. The number of hydrogen-bond acceptors (Lipinski definition) is 5. The number of pyridine rings is 1. The lowest BCUT2D eigenvalue weighted by Crippen LogP contribution is -2.38. The van der Waals surface area contributed by atoms with Gasteiger partial charge < -0.3 is 10.2 Å². The van der Waals surface area contributed by atoms with Crippen LogP contribution in [0.2, 0.25) is 10.0 Å². The molecule has 0 saturated heterocycles. The Morgan fingerprint density at radius 3 is 2.74 bits per heavy atom. The first kappa shape index (κ1) is 19.1. The molecule has 1 unspecified atom stereocenters. The molecule has 138 valence electrons. The lowest BCUT2D eigenvalue weighted by molar-refractivity contribution is 0.0791. The van der Waals surface area contributed by atoms with Gasteiger partial charge in [-0.15, -0.1) is 0 Å². The van der Waals surface area contributed by atoms with E-state index in [0.717, 1.165) is 5.56 Å². The van der Waals surface area contributed by atoms with Crippen LogP contribution in [0.1, 0.15) is 22.8 Å². The Kier molecular flexibility index (Phi) is 5.58. The lowest BCUT2D eigenvalue weighted by atomic mass is 10.1. The zero-order valence-electron chi connectivity index (χ0n) is 14.7. The summed E-state index contributed by atoms with van der Waals surface area (Å²) in [5, 5.41) is 7.28. The number of carbonyl (C=O) groups is 1. The molecule has 0 bridgehead atoms. The average molecular weight is 402 g/mol. The van der Waals surface area contributed by atoms with Crippen LogP contribution in [0, 0.1) is 12.5 Å². The number of hydrogen-bond donors (Lipinski definition) is 2. The van der Waals surface area contributed by atoms with E-state index in [2.05, 4.69) is 15.4 Å². The molecular formula is C19H17Cl2N5O. The smallest absolute Gasteiger partial charge is 0.259 e. The van der Waals surface area contributed by atoms with Gasteiger partial charge in [-0.05, 0) is 43.7 Å². The van der Waals surface area contributed by atoms with Crippen molar-refractivity contribution in [3.63, 3.8) is 0 Å². The molecule has 0 spiro atoms. The van der Waals surface area contributed by atoms with E-state index in [-0.39, 0.29) is 10.9 Å². The fraction of sp³-hybridized carbons (Fsp3) is 0.158. The third kappa shape index (κ3) is 3.86. The maximum atomic E-state index is 12.9. The van der Waals surface area contributed by atoms with Gasteiger partial charge in [0.2, 0.25) is 0 Å². The molecular weight excluding hydrogens is 385 g/mol. The van der Waals surface area contributed by atoms with Crippen LogP contribution in [0.4, 0.5) is 5.82 Å². The van der Waals surface area contributed by atoms with Crippen molar-refractivity contribution in [1.29, 1.82) is 5.53 Å². The highest BCUT2D eigenvalue weighted by Gasteiger charge is 2.29. The summed E-state index contributed by atoms with van der Waals surface area (Å²) < 4.78 is 0. The van der Waals surface area contributed by atoms with Crippen molar-refractivity contribution >= 4 is 34.9 Å². The summed E-state index contributed by atoms with van der Waals surface area (Å²) in [5.74, 6) is 0.311. The molecule has 2 aromatic rings. The van der Waals surface area contributed by atoms with Gasteiger partial charge in [-0.3, -0.25) is 4.79 Å². The fourth-order valence-electron chi connectivity index (χ4n) is 2.72. The number of aromatic nitrogens is 1. The lowest BCUT2D eigenvalue weighted by Gasteiger charge is -2.30. The van der Waals surface area contributed by atoms with Crippen LogP contribution in [0.3, 0.4) is 0 Å². The quantitative estimate of drug-likeness (QED) is 0.671. The summed E-state index contributed by atoms with van der Waals surface area (Å²) in [6.45, 7) is 3.74. The summed E-state index contributed by atoms with van der Waals surface area (Å²) >= 11 is 12.2. The number of rotatable bonds is 4. The highest BCUT2D eigenvalue weighted by Crippen LogP contribution is 2.30. The highest BCUT2D eigenvalue weighted by molar-refractivity contribution is 6.43. The number of allylic oxidation sites excluding steroid dienone is 1. The molecule has 1 aromatic heterocycles. The van der Waals surface area contributed by atoms with Crippen molar-refractivity contribution in [2.75, 3.05) is 5.32 Å². The van der Waals surface area contributed by atoms with Gasteiger partial charge in [0.15, 0.2) is 0 Å². The van der Waals surface area contributed by atoms with Crippen LogP contribution in [0.15, 0.2) is 65.3 Å². The summed E-state index contributed by atoms with van der Waals surface area (Å²) in [6, 6.07) is 8.20.